The standard InChI is InChI=1S/C24H26F5N3O3/c25-18-10-16(11-19(26)22(18)35-17-8-14-7-15(14)9-17)32(31-5-3-1-2-4-6-31)23(33)21-20(34-13-30-21)12-24(27,28)29/h10-11,13-15,17H,1-9,12H2. The van der Waals surface area contributed by atoms with E-state index in [4.69, 9.17) is 9.15 Å². The van der Waals surface area contributed by atoms with Gasteiger partial charge in [-0.2, -0.15) is 13.2 Å². The van der Waals surface area contributed by atoms with Gasteiger partial charge in [0.15, 0.2) is 29.5 Å². The van der Waals surface area contributed by atoms with E-state index in [2.05, 4.69) is 4.98 Å². The lowest BCUT2D eigenvalue weighted by Crippen LogP contribution is -2.48. The Morgan fingerprint density at radius 1 is 1.06 bits per heavy atom. The van der Waals surface area contributed by atoms with Crippen LogP contribution in [-0.2, 0) is 6.42 Å². The Balaban J connectivity index is 1.46. The highest BCUT2D eigenvalue weighted by Gasteiger charge is 2.47. The minimum atomic E-state index is -4.62. The molecule has 0 spiro atoms. The summed E-state index contributed by atoms with van der Waals surface area (Å²) in [6, 6.07) is 1.97. The van der Waals surface area contributed by atoms with Crippen LogP contribution in [0.5, 0.6) is 5.75 Å². The monoisotopic (exact) mass is 499 g/mol. The third kappa shape index (κ3) is 5.29. The Hall–Kier alpha value is -2.69. The van der Waals surface area contributed by atoms with Crippen molar-refractivity contribution >= 4 is 11.6 Å². The first-order valence-corrected chi connectivity index (χ1v) is 11.9. The maximum atomic E-state index is 15.1. The lowest BCUT2D eigenvalue weighted by Gasteiger charge is -2.34. The number of fused-ring (bicyclic) bond motifs is 1. The largest absolute Gasteiger partial charge is 0.484 e. The number of hydrazine groups is 1. The van der Waals surface area contributed by atoms with Gasteiger partial charge in [0.05, 0.1) is 11.8 Å². The average Bonchev–Trinajstić information content (AvgIpc) is 3.28. The first-order valence-electron chi connectivity index (χ1n) is 11.9. The topological polar surface area (TPSA) is 58.8 Å². The summed E-state index contributed by atoms with van der Waals surface area (Å²) in [4.78, 5) is 17.2. The van der Waals surface area contributed by atoms with Gasteiger partial charge in [-0.1, -0.05) is 12.8 Å². The molecule has 0 radical (unpaired) electrons. The number of hydrogen-bond donors (Lipinski definition) is 0. The highest BCUT2D eigenvalue weighted by atomic mass is 19.4. The summed E-state index contributed by atoms with van der Waals surface area (Å²) in [7, 11) is 0. The predicted octanol–water partition coefficient (Wildman–Crippen LogP) is 5.67. The van der Waals surface area contributed by atoms with Gasteiger partial charge in [-0.3, -0.25) is 4.79 Å². The van der Waals surface area contributed by atoms with E-state index in [0.29, 0.717) is 37.8 Å². The van der Waals surface area contributed by atoms with Gasteiger partial charge in [-0.25, -0.2) is 23.8 Å². The van der Waals surface area contributed by atoms with Crippen LogP contribution in [0.2, 0.25) is 0 Å². The molecule has 3 fully saturated rings. The highest BCUT2D eigenvalue weighted by Crippen LogP contribution is 2.52. The summed E-state index contributed by atoms with van der Waals surface area (Å²) in [5, 5.41) is 2.62. The van der Waals surface area contributed by atoms with Crippen LogP contribution >= 0.6 is 0 Å². The van der Waals surface area contributed by atoms with E-state index < -0.39 is 47.3 Å². The van der Waals surface area contributed by atoms with E-state index in [1.54, 1.807) is 5.01 Å². The number of rotatable bonds is 6. The molecule has 0 bridgehead atoms. The van der Waals surface area contributed by atoms with Gasteiger partial charge in [0, 0.05) is 25.2 Å². The number of benzene rings is 1. The predicted molar refractivity (Wildman–Crippen MR) is 115 cm³/mol. The minimum Gasteiger partial charge on any atom is -0.484 e. The number of aromatic nitrogens is 1. The van der Waals surface area contributed by atoms with Crippen LogP contribution in [0.4, 0.5) is 27.6 Å². The molecule has 11 heteroatoms. The number of halogens is 5. The summed E-state index contributed by atoms with van der Waals surface area (Å²) in [6.07, 6.45) is 0.297. The van der Waals surface area contributed by atoms with Crippen molar-refractivity contribution in [3.8, 4) is 5.75 Å². The van der Waals surface area contributed by atoms with Crippen molar-refractivity contribution in [2.75, 3.05) is 18.1 Å². The van der Waals surface area contributed by atoms with Crippen molar-refractivity contribution in [3.63, 3.8) is 0 Å². The molecule has 6 nitrogen and oxygen atoms in total. The Kier molecular flexibility index (Phi) is 6.45. The van der Waals surface area contributed by atoms with Gasteiger partial charge in [0.1, 0.15) is 12.2 Å². The molecule has 1 saturated heterocycles. The molecule has 2 aliphatic carbocycles. The fraction of sp³-hybridized carbons (Fsp3) is 0.583. The molecular weight excluding hydrogens is 473 g/mol. The van der Waals surface area contributed by atoms with Gasteiger partial charge in [-0.15, -0.1) is 0 Å². The van der Waals surface area contributed by atoms with Crippen molar-refractivity contribution in [1.82, 2.24) is 9.99 Å². The zero-order chi connectivity index (χ0) is 24.7. The van der Waals surface area contributed by atoms with E-state index in [0.717, 1.165) is 55.6 Å². The van der Waals surface area contributed by atoms with Crippen LogP contribution in [0.3, 0.4) is 0 Å². The van der Waals surface area contributed by atoms with Gasteiger partial charge in [0.2, 0.25) is 0 Å². The molecule has 35 heavy (non-hydrogen) atoms. The molecule has 2 aromatic rings. The smallest absolute Gasteiger partial charge is 0.396 e. The zero-order valence-corrected chi connectivity index (χ0v) is 19.0. The van der Waals surface area contributed by atoms with Crippen molar-refractivity contribution < 1.29 is 35.9 Å². The molecule has 5 rings (SSSR count). The molecule has 190 valence electrons. The van der Waals surface area contributed by atoms with Crippen LogP contribution < -0.4 is 9.75 Å². The van der Waals surface area contributed by atoms with Crippen LogP contribution in [0, 0.1) is 23.5 Å². The number of alkyl halides is 3. The van der Waals surface area contributed by atoms with Crippen LogP contribution in [0.1, 0.15) is 61.2 Å². The van der Waals surface area contributed by atoms with Crippen molar-refractivity contribution in [3.05, 3.63) is 41.6 Å². The van der Waals surface area contributed by atoms with Gasteiger partial charge >= 0.3 is 6.18 Å². The van der Waals surface area contributed by atoms with Gasteiger partial charge < -0.3 is 9.15 Å². The summed E-state index contributed by atoms with van der Waals surface area (Å²) < 4.78 is 79.6. The molecule has 2 saturated carbocycles. The normalized spacial score (nSPS) is 24.7. The second-order valence-corrected chi connectivity index (χ2v) is 9.61. The second kappa shape index (κ2) is 9.40. The highest BCUT2D eigenvalue weighted by molar-refractivity contribution is 6.04. The number of oxazole rings is 1. The fourth-order valence-corrected chi connectivity index (χ4v) is 5.22. The lowest BCUT2D eigenvalue weighted by molar-refractivity contribution is -0.130. The van der Waals surface area contributed by atoms with E-state index in [9.17, 15) is 18.0 Å². The third-order valence-corrected chi connectivity index (χ3v) is 6.97. The Labute approximate surface area is 199 Å². The number of ether oxygens (including phenoxy) is 1. The SMILES string of the molecule is O=C(c1ncoc1CC(F)(F)F)N(c1cc(F)c(OC2CC3CC3C2)c(F)c1)N1CCCCCC1. The first kappa shape index (κ1) is 24.0. The molecule has 1 aliphatic heterocycles. The fourth-order valence-electron chi connectivity index (χ4n) is 5.22. The summed E-state index contributed by atoms with van der Waals surface area (Å²) in [5.74, 6) is -2.90. The quantitative estimate of drug-likeness (QED) is 0.479. The zero-order valence-electron chi connectivity index (χ0n) is 19.0. The van der Waals surface area contributed by atoms with Crippen molar-refractivity contribution in [1.29, 1.82) is 0 Å². The number of anilines is 1. The molecule has 3 aliphatic rings. The first-order chi connectivity index (χ1) is 16.7. The van der Waals surface area contributed by atoms with E-state index in [1.165, 1.54) is 0 Å². The Morgan fingerprint density at radius 2 is 1.69 bits per heavy atom. The Bertz CT molecular complexity index is 1050. The minimum absolute atomic E-state index is 0.144. The number of amides is 1. The van der Waals surface area contributed by atoms with Gasteiger partial charge in [-0.05, 0) is 43.9 Å². The molecule has 1 aromatic heterocycles. The van der Waals surface area contributed by atoms with Crippen LogP contribution in [-0.4, -0.2) is 41.3 Å². The van der Waals surface area contributed by atoms with Crippen LogP contribution in [0.15, 0.2) is 22.9 Å². The van der Waals surface area contributed by atoms with E-state index in [-0.39, 0.29) is 11.8 Å². The van der Waals surface area contributed by atoms with Gasteiger partial charge in [0.25, 0.3) is 5.91 Å². The summed E-state index contributed by atoms with van der Waals surface area (Å²) in [5.41, 5.74) is -0.688. The van der Waals surface area contributed by atoms with E-state index in [1.807, 2.05) is 0 Å². The molecule has 0 N–H and O–H groups in total. The molecule has 2 atom stereocenters. The maximum absolute atomic E-state index is 15.1. The lowest BCUT2D eigenvalue weighted by atomic mass is 10.2. The molecular formula is C24H26F5N3O3. The maximum Gasteiger partial charge on any atom is 0.396 e. The molecule has 2 heterocycles. The molecule has 1 amide bonds. The summed E-state index contributed by atoms with van der Waals surface area (Å²) in [6.45, 7) is 0.787. The number of carbonyl (C=O) groups excluding carboxylic acids is 1. The second-order valence-electron chi connectivity index (χ2n) is 9.61. The Morgan fingerprint density at radius 3 is 2.29 bits per heavy atom. The number of hydrogen-bond acceptors (Lipinski definition) is 5. The van der Waals surface area contributed by atoms with Crippen molar-refractivity contribution in [2.24, 2.45) is 11.8 Å². The summed E-state index contributed by atoms with van der Waals surface area (Å²) >= 11 is 0. The number of carbonyl (C=O) groups is 1. The molecule has 1 aromatic carbocycles. The molecule has 2 unspecified atom stereocenters. The average molecular weight is 499 g/mol. The third-order valence-electron chi connectivity index (χ3n) is 6.97. The van der Waals surface area contributed by atoms with Crippen molar-refractivity contribution in [2.45, 2.75) is 63.6 Å². The number of nitrogens with zero attached hydrogens (tertiary/aromatic N) is 3. The van der Waals surface area contributed by atoms with E-state index >= 15 is 8.78 Å². The van der Waals surface area contributed by atoms with Crippen LogP contribution in [0.25, 0.3) is 0 Å².